The predicted octanol–water partition coefficient (Wildman–Crippen LogP) is 3.18. The number of carbonyl (C=O) groups is 1. The van der Waals surface area contributed by atoms with Crippen LogP contribution in [0.2, 0.25) is 0 Å². The number of aromatic nitrogens is 2. The zero-order chi connectivity index (χ0) is 18.4. The fourth-order valence-electron chi connectivity index (χ4n) is 2.61. The van der Waals surface area contributed by atoms with Crippen molar-refractivity contribution in [3.63, 3.8) is 0 Å². The number of para-hydroxylation sites is 1. The molecule has 3 aromatic rings. The van der Waals surface area contributed by atoms with E-state index < -0.39 is 0 Å². The zero-order valence-electron chi connectivity index (χ0n) is 15.0. The van der Waals surface area contributed by atoms with E-state index in [-0.39, 0.29) is 5.91 Å². The molecule has 26 heavy (non-hydrogen) atoms. The summed E-state index contributed by atoms with van der Waals surface area (Å²) in [5.74, 6) is 1.30. The molecule has 0 aliphatic heterocycles. The Morgan fingerprint density at radius 2 is 2.08 bits per heavy atom. The van der Waals surface area contributed by atoms with E-state index in [1.54, 1.807) is 18.3 Å². The second-order valence-electron chi connectivity index (χ2n) is 5.84. The van der Waals surface area contributed by atoms with Gasteiger partial charge in [-0.25, -0.2) is 9.97 Å². The van der Waals surface area contributed by atoms with Crippen LogP contribution in [0.1, 0.15) is 23.0 Å². The second kappa shape index (κ2) is 8.29. The van der Waals surface area contributed by atoms with Crippen LogP contribution in [0.15, 0.2) is 48.7 Å². The number of nitrogens with zero attached hydrogens (tertiary/aromatic N) is 2. The normalized spacial score (nSPS) is 10.5. The van der Waals surface area contributed by atoms with Crippen molar-refractivity contribution in [1.29, 1.82) is 0 Å². The van der Waals surface area contributed by atoms with Gasteiger partial charge in [-0.15, -0.1) is 0 Å². The van der Waals surface area contributed by atoms with Gasteiger partial charge in [-0.2, -0.15) is 0 Å². The molecule has 0 bridgehead atoms. The Bertz CT molecular complexity index is 911. The lowest BCUT2D eigenvalue weighted by atomic mass is 10.2. The lowest BCUT2D eigenvalue weighted by molar-refractivity contribution is 0.0956. The van der Waals surface area contributed by atoms with Crippen molar-refractivity contribution in [2.75, 3.05) is 25.0 Å². The third kappa shape index (κ3) is 4.27. The Morgan fingerprint density at radius 1 is 1.19 bits per heavy atom. The van der Waals surface area contributed by atoms with Crippen LogP contribution in [0.4, 0.5) is 5.82 Å². The molecule has 0 saturated carbocycles. The second-order valence-corrected chi connectivity index (χ2v) is 5.84. The average Bonchev–Trinajstić information content (AvgIpc) is 2.66. The molecule has 2 heterocycles. The number of nitrogens with one attached hydrogen (secondary N) is 2. The number of aryl methyl sites for hydroxylation is 1. The quantitative estimate of drug-likeness (QED) is 0.640. The molecular formula is C20H22N4O2. The summed E-state index contributed by atoms with van der Waals surface area (Å²) in [4.78, 5) is 20.7. The van der Waals surface area contributed by atoms with Gasteiger partial charge in [0.15, 0.2) is 0 Å². The van der Waals surface area contributed by atoms with E-state index in [4.69, 9.17) is 4.74 Å². The van der Waals surface area contributed by atoms with E-state index >= 15 is 0 Å². The van der Waals surface area contributed by atoms with Gasteiger partial charge in [-0.1, -0.05) is 18.2 Å². The van der Waals surface area contributed by atoms with Crippen LogP contribution in [0.5, 0.6) is 5.75 Å². The van der Waals surface area contributed by atoms with Gasteiger partial charge in [0.2, 0.25) is 0 Å². The highest BCUT2D eigenvalue weighted by molar-refractivity contribution is 5.94. The van der Waals surface area contributed by atoms with Gasteiger partial charge in [0.25, 0.3) is 5.91 Å². The largest absolute Gasteiger partial charge is 0.489 e. The smallest absolute Gasteiger partial charge is 0.251 e. The first-order valence-corrected chi connectivity index (χ1v) is 8.64. The first-order chi connectivity index (χ1) is 12.7. The van der Waals surface area contributed by atoms with E-state index in [9.17, 15) is 4.79 Å². The summed E-state index contributed by atoms with van der Waals surface area (Å²) < 4.78 is 5.88. The lowest BCUT2D eigenvalue weighted by Gasteiger charge is -2.11. The number of ether oxygens (including phenoxy) is 1. The van der Waals surface area contributed by atoms with Crippen molar-refractivity contribution in [2.45, 2.75) is 13.8 Å². The molecule has 1 amide bonds. The van der Waals surface area contributed by atoms with E-state index in [1.165, 1.54) is 0 Å². The van der Waals surface area contributed by atoms with Crippen LogP contribution in [-0.2, 0) is 0 Å². The summed E-state index contributed by atoms with van der Waals surface area (Å²) >= 11 is 0. The number of fused-ring (bicyclic) bond motifs is 1. The van der Waals surface area contributed by atoms with Crippen LogP contribution in [0.3, 0.4) is 0 Å². The molecule has 0 aliphatic rings. The van der Waals surface area contributed by atoms with Crippen molar-refractivity contribution in [2.24, 2.45) is 0 Å². The van der Waals surface area contributed by atoms with E-state index in [0.29, 0.717) is 31.1 Å². The molecule has 6 nitrogen and oxygen atoms in total. The SMILES string of the molecule is CCNC(=O)c1ccnc(NCCOc2cccc3ccc(C)nc23)c1. The number of benzene rings is 1. The highest BCUT2D eigenvalue weighted by atomic mass is 16.5. The minimum Gasteiger partial charge on any atom is -0.489 e. The number of pyridine rings is 2. The first kappa shape index (κ1) is 17.7. The molecule has 1 aromatic carbocycles. The minimum absolute atomic E-state index is 0.105. The number of rotatable bonds is 7. The molecule has 134 valence electrons. The van der Waals surface area contributed by atoms with Crippen LogP contribution in [0.25, 0.3) is 10.9 Å². The number of anilines is 1. The van der Waals surface area contributed by atoms with E-state index in [0.717, 1.165) is 22.3 Å². The summed E-state index contributed by atoms with van der Waals surface area (Å²) in [6.07, 6.45) is 1.62. The fourth-order valence-corrected chi connectivity index (χ4v) is 2.61. The highest BCUT2D eigenvalue weighted by Gasteiger charge is 2.06. The van der Waals surface area contributed by atoms with Crippen molar-refractivity contribution in [3.05, 3.63) is 59.9 Å². The average molecular weight is 350 g/mol. The predicted molar refractivity (Wildman–Crippen MR) is 103 cm³/mol. The van der Waals surface area contributed by atoms with Crippen LogP contribution in [-0.4, -0.2) is 35.6 Å². The van der Waals surface area contributed by atoms with Gasteiger partial charge in [-0.05, 0) is 38.1 Å². The summed E-state index contributed by atoms with van der Waals surface area (Å²) in [6.45, 7) is 5.47. The molecule has 3 rings (SSSR count). The van der Waals surface area contributed by atoms with Gasteiger partial charge in [0.1, 0.15) is 23.7 Å². The third-order valence-electron chi connectivity index (χ3n) is 3.85. The third-order valence-corrected chi connectivity index (χ3v) is 3.85. The monoisotopic (exact) mass is 350 g/mol. The number of amides is 1. The molecule has 0 unspecified atom stereocenters. The van der Waals surface area contributed by atoms with Crippen LogP contribution in [0, 0.1) is 6.92 Å². The molecule has 2 aromatic heterocycles. The molecule has 2 N–H and O–H groups in total. The summed E-state index contributed by atoms with van der Waals surface area (Å²) in [6, 6.07) is 13.3. The molecule has 6 heteroatoms. The molecule has 0 spiro atoms. The molecule has 0 saturated heterocycles. The Hall–Kier alpha value is -3.15. The maximum Gasteiger partial charge on any atom is 0.251 e. The fraction of sp³-hybridized carbons (Fsp3) is 0.250. The van der Waals surface area contributed by atoms with E-state index in [2.05, 4.69) is 20.6 Å². The Labute approximate surface area is 152 Å². The standard InChI is InChI=1S/C20H22N4O2/c1-3-21-20(25)16-9-10-22-18(13-16)23-11-12-26-17-6-4-5-15-8-7-14(2)24-19(15)17/h4-10,13H,3,11-12H2,1-2H3,(H,21,25)(H,22,23). The Balaban J connectivity index is 1.59. The molecular weight excluding hydrogens is 328 g/mol. The van der Waals surface area contributed by atoms with Crippen molar-refractivity contribution in [3.8, 4) is 5.75 Å². The summed E-state index contributed by atoms with van der Waals surface area (Å²) in [5.41, 5.74) is 2.40. The van der Waals surface area contributed by atoms with Crippen molar-refractivity contribution in [1.82, 2.24) is 15.3 Å². The maximum absolute atomic E-state index is 11.9. The van der Waals surface area contributed by atoms with Crippen molar-refractivity contribution < 1.29 is 9.53 Å². The van der Waals surface area contributed by atoms with E-state index in [1.807, 2.05) is 44.2 Å². The molecule has 0 fully saturated rings. The Kier molecular flexibility index (Phi) is 5.63. The van der Waals surface area contributed by atoms with Gasteiger partial charge in [-0.3, -0.25) is 4.79 Å². The summed E-state index contributed by atoms with van der Waals surface area (Å²) in [7, 11) is 0. The molecule has 0 atom stereocenters. The van der Waals surface area contributed by atoms with Gasteiger partial charge in [0.05, 0.1) is 6.54 Å². The minimum atomic E-state index is -0.105. The topological polar surface area (TPSA) is 76.1 Å². The number of hydrogen-bond donors (Lipinski definition) is 2. The van der Waals surface area contributed by atoms with Crippen molar-refractivity contribution >= 4 is 22.6 Å². The number of carbonyl (C=O) groups excluding carboxylic acids is 1. The van der Waals surface area contributed by atoms with Gasteiger partial charge < -0.3 is 15.4 Å². The zero-order valence-corrected chi connectivity index (χ0v) is 15.0. The lowest BCUT2D eigenvalue weighted by Crippen LogP contribution is -2.23. The molecule has 0 radical (unpaired) electrons. The number of hydrogen-bond acceptors (Lipinski definition) is 5. The highest BCUT2D eigenvalue weighted by Crippen LogP contribution is 2.23. The van der Waals surface area contributed by atoms with Crippen LogP contribution < -0.4 is 15.4 Å². The van der Waals surface area contributed by atoms with Gasteiger partial charge >= 0.3 is 0 Å². The van der Waals surface area contributed by atoms with Crippen LogP contribution >= 0.6 is 0 Å². The Morgan fingerprint density at radius 3 is 2.92 bits per heavy atom. The summed E-state index contributed by atoms with van der Waals surface area (Å²) in [5, 5.41) is 7.00. The first-order valence-electron chi connectivity index (χ1n) is 8.64. The molecule has 0 aliphatic carbocycles. The maximum atomic E-state index is 11.9. The van der Waals surface area contributed by atoms with Gasteiger partial charge in [0, 0.05) is 29.4 Å².